The highest BCUT2D eigenvalue weighted by Crippen LogP contribution is 2.23. The lowest BCUT2D eigenvalue weighted by molar-refractivity contribution is -0.122. The molecule has 5 nitrogen and oxygen atoms in total. The molecule has 0 saturated carbocycles. The second-order valence-corrected chi connectivity index (χ2v) is 6.24. The van der Waals surface area contributed by atoms with Crippen LogP contribution in [0.1, 0.15) is 11.5 Å². The van der Waals surface area contributed by atoms with E-state index in [1.54, 1.807) is 6.26 Å². The summed E-state index contributed by atoms with van der Waals surface area (Å²) < 4.78 is 11.0. The maximum absolute atomic E-state index is 12.0. The molecule has 0 aliphatic rings. The molecule has 0 aliphatic heterocycles. The minimum atomic E-state index is -0.0708. The van der Waals surface area contributed by atoms with Crippen molar-refractivity contribution in [3.63, 3.8) is 0 Å². The average Bonchev–Trinajstić information content (AvgIpc) is 3.25. The molecule has 0 aliphatic carbocycles. The summed E-state index contributed by atoms with van der Waals surface area (Å²) in [4.78, 5) is 13.9. The largest absolute Gasteiger partial charge is 0.468 e. The first-order valence-corrected chi connectivity index (χ1v) is 8.30. The Morgan fingerprint density at radius 1 is 1.12 bits per heavy atom. The number of halogens is 1. The lowest BCUT2D eigenvalue weighted by Crippen LogP contribution is -2.34. The van der Waals surface area contributed by atoms with Crippen molar-refractivity contribution in [3.05, 3.63) is 71.3 Å². The quantitative estimate of drug-likeness (QED) is 0.695. The van der Waals surface area contributed by atoms with Crippen LogP contribution in [0.4, 0.5) is 0 Å². The molecular weight excluding hydrogens is 340 g/mol. The van der Waals surface area contributed by atoms with Crippen LogP contribution in [0.2, 0.25) is 5.02 Å². The first kappa shape index (κ1) is 17.3. The molecule has 3 aromatic rings. The Kier molecular flexibility index (Phi) is 5.58. The van der Waals surface area contributed by atoms with E-state index in [1.807, 2.05) is 60.5 Å². The normalized spacial score (nSPS) is 11.0. The first-order chi connectivity index (χ1) is 12.1. The minimum Gasteiger partial charge on any atom is -0.468 e. The van der Waals surface area contributed by atoms with Gasteiger partial charge in [0.1, 0.15) is 17.3 Å². The van der Waals surface area contributed by atoms with Crippen molar-refractivity contribution in [1.82, 2.24) is 10.2 Å². The molecule has 2 heterocycles. The number of benzene rings is 1. The number of hydrogen-bond donors (Lipinski definition) is 1. The van der Waals surface area contributed by atoms with Gasteiger partial charge < -0.3 is 14.2 Å². The van der Waals surface area contributed by atoms with Crippen LogP contribution in [-0.4, -0.2) is 24.4 Å². The van der Waals surface area contributed by atoms with Gasteiger partial charge in [-0.3, -0.25) is 9.69 Å². The molecule has 1 N–H and O–H groups in total. The number of rotatable bonds is 7. The molecule has 1 aromatic carbocycles. The number of carbonyl (C=O) groups is 1. The lowest BCUT2D eigenvalue weighted by Gasteiger charge is -2.14. The van der Waals surface area contributed by atoms with E-state index in [-0.39, 0.29) is 12.5 Å². The van der Waals surface area contributed by atoms with E-state index < -0.39 is 0 Å². The Labute approximate surface area is 151 Å². The van der Waals surface area contributed by atoms with E-state index in [1.165, 1.54) is 0 Å². The number of likely N-dealkylation sites (N-methyl/N-ethyl adjacent to an activating group) is 1. The molecule has 0 radical (unpaired) electrons. The van der Waals surface area contributed by atoms with Gasteiger partial charge in [-0.1, -0.05) is 11.6 Å². The zero-order chi connectivity index (χ0) is 17.6. The van der Waals surface area contributed by atoms with Crippen molar-refractivity contribution >= 4 is 17.5 Å². The van der Waals surface area contributed by atoms with Crippen LogP contribution < -0.4 is 5.32 Å². The number of nitrogens with zero attached hydrogens (tertiary/aromatic N) is 1. The van der Waals surface area contributed by atoms with Gasteiger partial charge in [0.2, 0.25) is 5.91 Å². The molecule has 0 spiro atoms. The molecule has 0 atom stereocenters. The van der Waals surface area contributed by atoms with Gasteiger partial charge in [-0.05, 0) is 55.6 Å². The summed E-state index contributed by atoms with van der Waals surface area (Å²) in [6.07, 6.45) is 1.62. The summed E-state index contributed by atoms with van der Waals surface area (Å²) in [5.41, 5.74) is 0.945. The number of hydrogen-bond acceptors (Lipinski definition) is 4. The van der Waals surface area contributed by atoms with Gasteiger partial charge in [-0.25, -0.2) is 0 Å². The van der Waals surface area contributed by atoms with Crippen LogP contribution >= 0.6 is 11.6 Å². The smallest absolute Gasteiger partial charge is 0.234 e. The molecule has 6 heteroatoms. The molecular formula is C19H19ClN2O3. The van der Waals surface area contributed by atoms with Crippen LogP contribution in [0.15, 0.2) is 63.6 Å². The molecule has 0 bridgehead atoms. The number of furan rings is 2. The van der Waals surface area contributed by atoms with E-state index >= 15 is 0 Å². The zero-order valence-corrected chi connectivity index (χ0v) is 14.6. The maximum atomic E-state index is 12.0. The Morgan fingerprint density at radius 3 is 2.64 bits per heavy atom. The monoisotopic (exact) mass is 358 g/mol. The Balaban J connectivity index is 1.48. The van der Waals surface area contributed by atoms with Crippen LogP contribution in [0.5, 0.6) is 0 Å². The van der Waals surface area contributed by atoms with E-state index in [0.717, 1.165) is 17.1 Å². The molecule has 0 fully saturated rings. The average molecular weight is 359 g/mol. The third kappa shape index (κ3) is 4.98. The second-order valence-electron chi connectivity index (χ2n) is 5.80. The molecule has 0 saturated heterocycles. The van der Waals surface area contributed by atoms with Crippen LogP contribution in [-0.2, 0) is 17.9 Å². The summed E-state index contributed by atoms with van der Waals surface area (Å²) in [7, 11) is 1.87. The predicted octanol–water partition coefficient (Wildman–Crippen LogP) is 3.94. The fraction of sp³-hybridized carbons (Fsp3) is 0.211. The van der Waals surface area contributed by atoms with Gasteiger partial charge in [-0.2, -0.15) is 0 Å². The molecule has 2 aromatic heterocycles. The Hall–Kier alpha value is -2.50. The van der Waals surface area contributed by atoms with E-state index in [2.05, 4.69) is 5.32 Å². The lowest BCUT2D eigenvalue weighted by atomic mass is 10.2. The fourth-order valence-corrected chi connectivity index (χ4v) is 2.58. The van der Waals surface area contributed by atoms with Gasteiger partial charge in [-0.15, -0.1) is 0 Å². The highest BCUT2D eigenvalue weighted by Gasteiger charge is 2.10. The predicted molar refractivity (Wildman–Crippen MR) is 96.0 cm³/mol. The molecule has 0 unspecified atom stereocenters. The highest BCUT2D eigenvalue weighted by atomic mass is 35.5. The van der Waals surface area contributed by atoms with Gasteiger partial charge in [0.15, 0.2) is 0 Å². The van der Waals surface area contributed by atoms with Gasteiger partial charge in [0, 0.05) is 10.6 Å². The summed E-state index contributed by atoms with van der Waals surface area (Å²) in [5.74, 6) is 2.20. The fourth-order valence-electron chi connectivity index (χ4n) is 2.45. The SMILES string of the molecule is CN(CC(=O)NCc1ccc(-c2ccc(Cl)cc2)o1)Cc1ccco1. The summed E-state index contributed by atoms with van der Waals surface area (Å²) in [6, 6.07) is 14.9. The van der Waals surface area contributed by atoms with Crippen LogP contribution in [0, 0.1) is 0 Å². The van der Waals surface area contributed by atoms with Crippen molar-refractivity contribution in [2.24, 2.45) is 0 Å². The number of nitrogens with one attached hydrogen (secondary N) is 1. The second kappa shape index (κ2) is 8.05. The van der Waals surface area contributed by atoms with Crippen molar-refractivity contribution in [1.29, 1.82) is 0 Å². The minimum absolute atomic E-state index is 0.0708. The Bertz CT molecular complexity index is 810. The van der Waals surface area contributed by atoms with Crippen molar-refractivity contribution in [2.45, 2.75) is 13.1 Å². The van der Waals surface area contributed by atoms with Crippen molar-refractivity contribution in [2.75, 3.05) is 13.6 Å². The maximum Gasteiger partial charge on any atom is 0.234 e. The molecule has 25 heavy (non-hydrogen) atoms. The van der Waals surface area contributed by atoms with Crippen molar-refractivity contribution < 1.29 is 13.6 Å². The third-order valence-electron chi connectivity index (χ3n) is 3.67. The molecule has 130 valence electrons. The molecule has 1 amide bonds. The summed E-state index contributed by atoms with van der Waals surface area (Å²) >= 11 is 5.89. The highest BCUT2D eigenvalue weighted by molar-refractivity contribution is 6.30. The van der Waals surface area contributed by atoms with Crippen LogP contribution in [0.25, 0.3) is 11.3 Å². The van der Waals surface area contributed by atoms with E-state index in [4.69, 9.17) is 20.4 Å². The number of carbonyl (C=O) groups excluding carboxylic acids is 1. The van der Waals surface area contributed by atoms with Crippen molar-refractivity contribution in [3.8, 4) is 11.3 Å². The summed E-state index contributed by atoms with van der Waals surface area (Å²) in [5, 5.41) is 3.54. The van der Waals surface area contributed by atoms with E-state index in [9.17, 15) is 4.79 Å². The zero-order valence-electron chi connectivity index (χ0n) is 13.9. The Morgan fingerprint density at radius 2 is 1.92 bits per heavy atom. The topological polar surface area (TPSA) is 58.6 Å². The standard InChI is InChI=1S/C19H19ClN2O3/c1-22(12-17-3-2-10-24-17)13-19(23)21-11-16-8-9-18(25-16)14-4-6-15(20)7-5-14/h2-10H,11-13H2,1H3,(H,21,23). The third-order valence-corrected chi connectivity index (χ3v) is 3.92. The summed E-state index contributed by atoms with van der Waals surface area (Å²) in [6.45, 7) is 1.22. The van der Waals surface area contributed by atoms with Crippen LogP contribution in [0.3, 0.4) is 0 Å². The molecule has 3 rings (SSSR count). The van der Waals surface area contributed by atoms with Gasteiger partial charge >= 0.3 is 0 Å². The number of amides is 1. The van der Waals surface area contributed by atoms with Gasteiger partial charge in [0.25, 0.3) is 0 Å². The van der Waals surface area contributed by atoms with E-state index in [0.29, 0.717) is 23.9 Å². The first-order valence-electron chi connectivity index (χ1n) is 7.92. The van der Waals surface area contributed by atoms with Gasteiger partial charge in [0.05, 0.1) is 25.9 Å².